The van der Waals surface area contributed by atoms with Gasteiger partial charge in [-0.25, -0.2) is 5.84 Å². The van der Waals surface area contributed by atoms with Gasteiger partial charge in [-0.3, -0.25) is 5.43 Å². The first kappa shape index (κ1) is 15.4. The third kappa shape index (κ3) is 2.25. The number of aliphatic hydroxyl groups excluding tert-OH is 3. The van der Waals surface area contributed by atoms with E-state index in [0.29, 0.717) is 0 Å². The molecule has 23 heavy (non-hydrogen) atoms. The summed E-state index contributed by atoms with van der Waals surface area (Å²) in [6.07, 6.45) is -3.22. The van der Waals surface area contributed by atoms with Gasteiger partial charge in [-0.2, -0.15) is 15.2 Å². The van der Waals surface area contributed by atoms with Crippen molar-refractivity contribution in [3.05, 3.63) is 11.8 Å². The molecule has 0 aromatic carbocycles. The Labute approximate surface area is 129 Å². The molecule has 4 atom stereocenters. The molecule has 3 heterocycles. The Morgan fingerprint density at radius 2 is 2.13 bits per heavy atom. The summed E-state index contributed by atoms with van der Waals surface area (Å²) in [5, 5.41) is 38.7. The van der Waals surface area contributed by atoms with Gasteiger partial charge < -0.3 is 30.4 Å². The predicted octanol–water partition coefficient (Wildman–Crippen LogP) is -2.22. The molecule has 0 spiro atoms. The average molecular weight is 321 g/mol. The minimum atomic E-state index is -1.32. The van der Waals surface area contributed by atoms with Crippen LogP contribution < -0.4 is 17.0 Å². The van der Waals surface area contributed by atoms with Gasteiger partial charge in [0.2, 0.25) is 5.95 Å². The van der Waals surface area contributed by atoms with Crippen molar-refractivity contribution in [1.82, 2.24) is 14.5 Å². The second-order valence-electron chi connectivity index (χ2n) is 5.07. The van der Waals surface area contributed by atoms with E-state index >= 15 is 0 Å². The molecule has 0 bridgehead atoms. The summed E-state index contributed by atoms with van der Waals surface area (Å²) in [5.41, 5.74) is 8.47. The van der Waals surface area contributed by atoms with Crippen LogP contribution in [0.2, 0.25) is 0 Å². The summed E-state index contributed by atoms with van der Waals surface area (Å²) in [7, 11) is 0. The molecular weight excluding hydrogens is 306 g/mol. The zero-order valence-corrected chi connectivity index (χ0v) is 11.8. The molecule has 2 aromatic heterocycles. The fourth-order valence-electron chi connectivity index (χ4n) is 2.63. The number of aliphatic hydroxyl groups is 3. The average Bonchev–Trinajstić information content (AvgIpc) is 3.06. The van der Waals surface area contributed by atoms with Crippen molar-refractivity contribution in [3.63, 3.8) is 0 Å². The van der Waals surface area contributed by atoms with Crippen LogP contribution in [0.1, 0.15) is 11.8 Å². The molecule has 1 aliphatic heterocycles. The zero-order valence-electron chi connectivity index (χ0n) is 11.8. The standard InChI is InChI=1S/C12H15N7O4/c13-1-4-2-19(11-8(22)7(21)5(3-20)23-11)10-6(4)9(14)16-12(17-10)18-15/h2,5,7-8,11,20-22H,3,15H2,(H3,14,16,17,18)/t5-,7-,8-,11-/m1/s1. The Balaban J connectivity index is 2.18. The third-order valence-electron chi connectivity index (χ3n) is 3.74. The van der Waals surface area contributed by atoms with E-state index in [1.807, 2.05) is 6.07 Å². The van der Waals surface area contributed by atoms with E-state index < -0.39 is 31.1 Å². The highest BCUT2D eigenvalue weighted by Gasteiger charge is 2.44. The fourth-order valence-corrected chi connectivity index (χ4v) is 2.63. The number of ether oxygens (including phenoxy) is 1. The highest BCUT2D eigenvalue weighted by Crippen LogP contribution is 2.34. The van der Waals surface area contributed by atoms with E-state index in [1.165, 1.54) is 10.8 Å². The van der Waals surface area contributed by atoms with Crippen LogP contribution >= 0.6 is 0 Å². The number of nitrogens with one attached hydrogen (secondary N) is 1. The van der Waals surface area contributed by atoms with Crippen LogP contribution in [0.15, 0.2) is 6.20 Å². The lowest BCUT2D eigenvalue weighted by Crippen LogP contribution is -2.33. The summed E-state index contributed by atoms with van der Waals surface area (Å²) in [6, 6.07) is 1.96. The molecule has 8 N–H and O–H groups in total. The van der Waals surface area contributed by atoms with E-state index in [4.69, 9.17) is 16.3 Å². The van der Waals surface area contributed by atoms with E-state index in [0.717, 1.165) is 0 Å². The molecule has 122 valence electrons. The largest absolute Gasteiger partial charge is 0.394 e. The summed E-state index contributed by atoms with van der Waals surface area (Å²) in [5.74, 6) is 5.34. The van der Waals surface area contributed by atoms with Crippen molar-refractivity contribution in [1.29, 1.82) is 5.26 Å². The molecule has 1 saturated heterocycles. The van der Waals surface area contributed by atoms with Crippen LogP contribution in [0.3, 0.4) is 0 Å². The molecule has 0 unspecified atom stereocenters. The van der Waals surface area contributed by atoms with Crippen molar-refractivity contribution in [2.24, 2.45) is 5.84 Å². The Morgan fingerprint density at radius 3 is 2.70 bits per heavy atom. The molecule has 0 radical (unpaired) electrons. The SMILES string of the molecule is N#Cc1cn([C@@H]2O[C@H](CO)[C@@H](O)[C@H]2O)c2nc(NN)nc(N)c12. The highest BCUT2D eigenvalue weighted by molar-refractivity contribution is 5.93. The van der Waals surface area contributed by atoms with Crippen LogP contribution in [-0.4, -0.2) is 54.8 Å². The van der Waals surface area contributed by atoms with Gasteiger partial charge in [-0.05, 0) is 0 Å². The molecule has 1 aliphatic rings. The summed E-state index contributed by atoms with van der Waals surface area (Å²) >= 11 is 0. The Hall–Kier alpha value is -2.49. The number of hydrogen-bond donors (Lipinski definition) is 6. The molecule has 2 aromatic rings. The summed E-state index contributed by atoms with van der Waals surface area (Å²) in [6.45, 7) is -0.467. The van der Waals surface area contributed by atoms with Gasteiger partial charge in [0.25, 0.3) is 0 Å². The lowest BCUT2D eigenvalue weighted by molar-refractivity contribution is -0.0508. The predicted molar refractivity (Wildman–Crippen MR) is 77.5 cm³/mol. The Kier molecular flexibility index (Phi) is 3.76. The van der Waals surface area contributed by atoms with Gasteiger partial charge in [0.15, 0.2) is 11.9 Å². The number of nitrogen functional groups attached to an aromatic ring is 2. The van der Waals surface area contributed by atoms with Crippen molar-refractivity contribution >= 4 is 22.8 Å². The van der Waals surface area contributed by atoms with Crippen LogP contribution in [-0.2, 0) is 4.74 Å². The first-order chi connectivity index (χ1) is 11.0. The number of anilines is 2. The maximum absolute atomic E-state index is 10.1. The fraction of sp³-hybridized carbons (Fsp3) is 0.417. The zero-order chi connectivity index (χ0) is 16.7. The van der Waals surface area contributed by atoms with E-state index in [-0.39, 0.29) is 28.4 Å². The lowest BCUT2D eigenvalue weighted by atomic mass is 10.1. The van der Waals surface area contributed by atoms with Gasteiger partial charge in [0, 0.05) is 6.20 Å². The molecular formula is C12H15N7O4. The van der Waals surface area contributed by atoms with E-state index in [2.05, 4.69) is 15.4 Å². The van der Waals surface area contributed by atoms with Gasteiger partial charge in [0.1, 0.15) is 30.2 Å². The molecule has 11 nitrogen and oxygen atoms in total. The summed E-state index contributed by atoms with van der Waals surface area (Å²) in [4.78, 5) is 8.03. The van der Waals surface area contributed by atoms with E-state index in [9.17, 15) is 20.6 Å². The minimum absolute atomic E-state index is 0.0191. The van der Waals surface area contributed by atoms with Crippen molar-refractivity contribution in [2.75, 3.05) is 17.8 Å². The smallest absolute Gasteiger partial charge is 0.241 e. The quantitative estimate of drug-likeness (QED) is 0.267. The van der Waals surface area contributed by atoms with E-state index in [1.54, 1.807) is 0 Å². The number of hydrazine groups is 1. The number of fused-ring (bicyclic) bond motifs is 1. The molecule has 0 amide bonds. The third-order valence-corrected chi connectivity index (χ3v) is 3.74. The van der Waals surface area contributed by atoms with Crippen LogP contribution in [0, 0.1) is 11.3 Å². The molecule has 1 fully saturated rings. The number of hydrogen-bond acceptors (Lipinski definition) is 10. The highest BCUT2D eigenvalue weighted by atomic mass is 16.6. The molecule has 3 rings (SSSR count). The monoisotopic (exact) mass is 321 g/mol. The molecule has 0 aliphatic carbocycles. The molecule has 11 heteroatoms. The van der Waals surface area contributed by atoms with Crippen molar-refractivity contribution in [3.8, 4) is 6.07 Å². The van der Waals surface area contributed by atoms with Gasteiger partial charge in [-0.15, -0.1) is 0 Å². The Bertz CT molecular complexity index is 786. The maximum Gasteiger partial charge on any atom is 0.241 e. The first-order valence-corrected chi connectivity index (χ1v) is 6.69. The maximum atomic E-state index is 10.1. The topological polar surface area (TPSA) is 188 Å². The van der Waals surface area contributed by atoms with Gasteiger partial charge in [-0.1, -0.05) is 0 Å². The Morgan fingerprint density at radius 1 is 1.39 bits per heavy atom. The second kappa shape index (κ2) is 5.61. The van der Waals surface area contributed by atoms with Crippen LogP contribution in [0.4, 0.5) is 11.8 Å². The number of nitrogens with zero attached hydrogens (tertiary/aromatic N) is 4. The first-order valence-electron chi connectivity index (χ1n) is 6.69. The second-order valence-corrected chi connectivity index (χ2v) is 5.07. The number of nitriles is 1. The summed E-state index contributed by atoms with van der Waals surface area (Å²) < 4.78 is 6.81. The minimum Gasteiger partial charge on any atom is -0.394 e. The number of aromatic nitrogens is 3. The lowest BCUT2D eigenvalue weighted by Gasteiger charge is -2.17. The number of nitrogens with two attached hydrogens (primary N) is 2. The number of rotatable bonds is 3. The van der Waals surface area contributed by atoms with Gasteiger partial charge in [0.05, 0.1) is 17.6 Å². The van der Waals surface area contributed by atoms with Crippen molar-refractivity contribution in [2.45, 2.75) is 24.5 Å². The van der Waals surface area contributed by atoms with Crippen molar-refractivity contribution < 1.29 is 20.1 Å². The normalized spacial score (nSPS) is 27.3. The van der Waals surface area contributed by atoms with Crippen LogP contribution in [0.25, 0.3) is 11.0 Å². The van der Waals surface area contributed by atoms with Crippen LogP contribution in [0.5, 0.6) is 0 Å². The molecule has 0 saturated carbocycles. The van der Waals surface area contributed by atoms with Gasteiger partial charge >= 0.3 is 0 Å².